The van der Waals surface area contributed by atoms with Gasteiger partial charge in [0.15, 0.2) is 0 Å². The molecule has 3 heteroatoms. The van der Waals surface area contributed by atoms with Crippen molar-refractivity contribution in [3.63, 3.8) is 0 Å². The van der Waals surface area contributed by atoms with Crippen LogP contribution < -0.4 is 0 Å². The molecule has 1 aliphatic rings. The minimum absolute atomic E-state index is 0.317. The van der Waals surface area contributed by atoms with Gasteiger partial charge in [-0.05, 0) is 67.7 Å². The van der Waals surface area contributed by atoms with Crippen molar-refractivity contribution in [2.24, 2.45) is 17.3 Å². The van der Waals surface area contributed by atoms with Gasteiger partial charge in [-0.25, -0.2) is 8.78 Å². The van der Waals surface area contributed by atoms with Gasteiger partial charge in [-0.15, -0.1) is 0 Å². The van der Waals surface area contributed by atoms with Gasteiger partial charge in [-0.2, -0.15) is 5.26 Å². The maximum absolute atomic E-state index is 13.8. The zero-order valence-corrected chi connectivity index (χ0v) is 12.1. The van der Waals surface area contributed by atoms with Crippen LogP contribution in [0.2, 0.25) is 0 Å². The quantitative estimate of drug-likeness (QED) is 0.773. The molecule has 0 atom stereocenters. The van der Waals surface area contributed by atoms with E-state index in [0.29, 0.717) is 23.8 Å². The molecule has 1 aromatic rings. The van der Waals surface area contributed by atoms with Crippen molar-refractivity contribution in [2.45, 2.75) is 46.0 Å². The fraction of sp³-hybridized carbons (Fsp3) is 0.588. The molecular formula is C17H21F2N. The van der Waals surface area contributed by atoms with Crippen LogP contribution in [0.5, 0.6) is 0 Å². The van der Waals surface area contributed by atoms with Gasteiger partial charge in [-0.1, -0.05) is 13.8 Å². The van der Waals surface area contributed by atoms with Crippen molar-refractivity contribution < 1.29 is 8.78 Å². The van der Waals surface area contributed by atoms with E-state index >= 15 is 0 Å². The molecule has 0 aliphatic heterocycles. The van der Waals surface area contributed by atoms with Gasteiger partial charge < -0.3 is 0 Å². The van der Waals surface area contributed by atoms with Crippen LogP contribution in [0, 0.1) is 40.2 Å². The Kier molecular flexibility index (Phi) is 4.42. The van der Waals surface area contributed by atoms with E-state index in [9.17, 15) is 14.0 Å². The van der Waals surface area contributed by atoms with Gasteiger partial charge in [-0.3, -0.25) is 0 Å². The minimum Gasteiger partial charge on any atom is -0.207 e. The van der Waals surface area contributed by atoms with Crippen LogP contribution >= 0.6 is 0 Å². The zero-order chi connectivity index (χ0) is 14.8. The Morgan fingerprint density at radius 2 is 1.95 bits per heavy atom. The number of hydrogen-bond donors (Lipinski definition) is 0. The van der Waals surface area contributed by atoms with Gasteiger partial charge in [0.05, 0.1) is 11.5 Å². The molecule has 0 amide bonds. The molecule has 1 aliphatic carbocycles. The number of halogens is 2. The molecule has 1 nitrogen and oxygen atoms in total. The highest BCUT2D eigenvalue weighted by Gasteiger charge is 2.37. The summed E-state index contributed by atoms with van der Waals surface area (Å²) in [6.07, 6.45) is 3.88. The SMILES string of the molecule is CC(C)C1CCC(C#N)(Cc2cc(F)ccc2F)CC1. The van der Waals surface area contributed by atoms with E-state index < -0.39 is 17.0 Å². The summed E-state index contributed by atoms with van der Waals surface area (Å²) in [5, 5.41) is 9.52. The Morgan fingerprint density at radius 1 is 1.30 bits per heavy atom. The second kappa shape index (κ2) is 5.91. The number of nitrogens with zero attached hydrogens (tertiary/aromatic N) is 1. The van der Waals surface area contributed by atoms with E-state index in [-0.39, 0.29) is 0 Å². The lowest BCUT2D eigenvalue weighted by Gasteiger charge is -2.36. The van der Waals surface area contributed by atoms with Crippen LogP contribution in [0.3, 0.4) is 0 Å². The molecule has 1 aromatic carbocycles. The molecule has 0 unspecified atom stereocenters. The lowest BCUT2D eigenvalue weighted by atomic mass is 9.66. The zero-order valence-electron chi connectivity index (χ0n) is 12.1. The molecule has 1 saturated carbocycles. The average Bonchev–Trinajstić information content (AvgIpc) is 2.43. The van der Waals surface area contributed by atoms with Gasteiger partial charge in [0.2, 0.25) is 0 Å². The fourth-order valence-electron chi connectivity index (χ4n) is 3.23. The molecule has 0 spiro atoms. The summed E-state index contributed by atoms with van der Waals surface area (Å²) in [5.41, 5.74) is -0.199. The van der Waals surface area contributed by atoms with Crippen LogP contribution in [-0.2, 0) is 6.42 Å². The van der Waals surface area contributed by atoms with E-state index in [1.165, 1.54) is 6.07 Å². The third kappa shape index (κ3) is 3.17. The molecule has 108 valence electrons. The first kappa shape index (κ1) is 15.0. The Morgan fingerprint density at radius 3 is 2.50 bits per heavy atom. The topological polar surface area (TPSA) is 23.8 Å². The Hall–Kier alpha value is -1.43. The molecule has 0 radical (unpaired) electrons. The van der Waals surface area contributed by atoms with E-state index in [0.717, 1.165) is 37.8 Å². The summed E-state index contributed by atoms with van der Waals surface area (Å²) in [5.74, 6) is 0.420. The molecule has 0 bridgehead atoms. The van der Waals surface area contributed by atoms with E-state index in [1.54, 1.807) is 0 Å². The van der Waals surface area contributed by atoms with Crippen molar-refractivity contribution in [2.75, 3.05) is 0 Å². The maximum atomic E-state index is 13.8. The lowest BCUT2D eigenvalue weighted by Crippen LogP contribution is -2.30. The highest BCUT2D eigenvalue weighted by atomic mass is 19.1. The van der Waals surface area contributed by atoms with Crippen LogP contribution in [0.25, 0.3) is 0 Å². The standard InChI is InChI=1S/C17H21F2N/c1-12(2)13-5-7-17(11-20,8-6-13)10-14-9-15(18)3-4-16(14)19/h3-4,9,12-13H,5-8,10H2,1-2H3. The van der Waals surface area contributed by atoms with Crippen molar-refractivity contribution in [3.05, 3.63) is 35.4 Å². The summed E-state index contributed by atoms with van der Waals surface area (Å²) >= 11 is 0. The van der Waals surface area contributed by atoms with Crippen LogP contribution in [0.4, 0.5) is 8.78 Å². The molecule has 1 fully saturated rings. The second-order valence-corrected chi connectivity index (χ2v) is 6.39. The molecule has 0 N–H and O–H groups in total. The summed E-state index contributed by atoms with van der Waals surface area (Å²) in [6.45, 7) is 4.41. The molecule has 20 heavy (non-hydrogen) atoms. The van der Waals surface area contributed by atoms with Gasteiger partial charge in [0.25, 0.3) is 0 Å². The minimum atomic E-state index is -0.528. The van der Waals surface area contributed by atoms with Gasteiger partial charge in [0, 0.05) is 0 Å². The maximum Gasteiger partial charge on any atom is 0.126 e. The van der Waals surface area contributed by atoms with Gasteiger partial charge >= 0.3 is 0 Å². The Labute approximate surface area is 119 Å². The second-order valence-electron chi connectivity index (χ2n) is 6.39. The predicted molar refractivity (Wildman–Crippen MR) is 74.9 cm³/mol. The average molecular weight is 277 g/mol. The Bertz CT molecular complexity index is 508. The third-order valence-corrected chi connectivity index (χ3v) is 4.70. The summed E-state index contributed by atoms with van der Waals surface area (Å²) in [4.78, 5) is 0. The van der Waals surface area contributed by atoms with Gasteiger partial charge in [0.1, 0.15) is 11.6 Å². The van der Waals surface area contributed by atoms with Crippen molar-refractivity contribution in [1.29, 1.82) is 5.26 Å². The molecule has 0 heterocycles. The molecule has 2 rings (SSSR count). The number of hydrogen-bond acceptors (Lipinski definition) is 1. The van der Waals surface area contributed by atoms with Crippen LogP contribution in [-0.4, -0.2) is 0 Å². The van der Waals surface area contributed by atoms with Crippen molar-refractivity contribution in [3.8, 4) is 6.07 Å². The van der Waals surface area contributed by atoms with E-state index in [4.69, 9.17) is 0 Å². The van der Waals surface area contributed by atoms with E-state index in [1.807, 2.05) is 0 Å². The molecular weight excluding hydrogens is 256 g/mol. The van der Waals surface area contributed by atoms with E-state index in [2.05, 4.69) is 19.9 Å². The first-order chi connectivity index (χ1) is 9.46. The monoisotopic (exact) mass is 277 g/mol. The predicted octanol–water partition coefficient (Wildman–Crippen LogP) is 4.86. The Balaban J connectivity index is 2.14. The number of benzene rings is 1. The highest BCUT2D eigenvalue weighted by Crippen LogP contribution is 2.43. The summed E-state index contributed by atoms with van der Waals surface area (Å²) < 4.78 is 27.0. The fourth-order valence-corrected chi connectivity index (χ4v) is 3.23. The first-order valence-electron chi connectivity index (χ1n) is 7.31. The first-order valence-corrected chi connectivity index (χ1v) is 7.31. The number of rotatable bonds is 3. The molecule has 0 saturated heterocycles. The molecule has 0 aromatic heterocycles. The van der Waals surface area contributed by atoms with Crippen LogP contribution in [0.1, 0.15) is 45.1 Å². The number of nitriles is 1. The third-order valence-electron chi connectivity index (χ3n) is 4.70. The lowest BCUT2D eigenvalue weighted by molar-refractivity contribution is 0.174. The highest BCUT2D eigenvalue weighted by molar-refractivity contribution is 5.22. The summed E-state index contributed by atoms with van der Waals surface area (Å²) in [6, 6.07) is 5.88. The van der Waals surface area contributed by atoms with Crippen molar-refractivity contribution >= 4 is 0 Å². The summed E-state index contributed by atoms with van der Waals surface area (Å²) in [7, 11) is 0. The van der Waals surface area contributed by atoms with Crippen LogP contribution in [0.15, 0.2) is 18.2 Å². The van der Waals surface area contributed by atoms with Crippen molar-refractivity contribution in [1.82, 2.24) is 0 Å². The largest absolute Gasteiger partial charge is 0.207 e. The smallest absolute Gasteiger partial charge is 0.126 e. The normalized spacial score (nSPS) is 26.5.